The fourth-order valence-electron chi connectivity index (χ4n) is 1.58. The third-order valence-electron chi connectivity index (χ3n) is 2.92. The Morgan fingerprint density at radius 3 is 2.64 bits per heavy atom. The van der Waals surface area contributed by atoms with Crippen molar-refractivity contribution in [3.05, 3.63) is 23.7 Å². The van der Waals surface area contributed by atoms with Crippen LogP contribution >= 0.6 is 0 Å². The molecule has 14 heavy (non-hydrogen) atoms. The van der Waals surface area contributed by atoms with E-state index in [0.29, 0.717) is 6.42 Å². The predicted octanol–water partition coefficient (Wildman–Crippen LogP) is 2.08. The Kier molecular flexibility index (Phi) is 1.91. The molecule has 2 rings (SSSR count). The lowest BCUT2D eigenvalue weighted by Crippen LogP contribution is -2.53. The number of rotatable bonds is 2. The van der Waals surface area contributed by atoms with Crippen LogP contribution < -0.4 is 0 Å². The maximum Gasteiger partial charge on any atom is 0.315 e. The molecule has 2 heterocycles. The van der Waals surface area contributed by atoms with Gasteiger partial charge >= 0.3 is 5.97 Å². The van der Waals surface area contributed by atoms with E-state index in [1.54, 1.807) is 6.26 Å². The van der Waals surface area contributed by atoms with Crippen molar-refractivity contribution in [2.45, 2.75) is 33.3 Å². The molecular weight excluding hydrogens is 180 g/mol. The maximum absolute atomic E-state index is 11.1. The molecule has 3 nitrogen and oxygen atoms in total. The van der Waals surface area contributed by atoms with Gasteiger partial charge in [0.25, 0.3) is 0 Å². The van der Waals surface area contributed by atoms with E-state index in [4.69, 9.17) is 9.15 Å². The van der Waals surface area contributed by atoms with Crippen LogP contribution in [0.5, 0.6) is 0 Å². The summed E-state index contributed by atoms with van der Waals surface area (Å²) < 4.78 is 10.4. The van der Waals surface area contributed by atoms with Gasteiger partial charge < -0.3 is 9.15 Å². The molecule has 1 saturated heterocycles. The molecule has 76 valence electrons. The topological polar surface area (TPSA) is 39.4 Å². The standard InChI is InChI=1S/C11H14O3/c1-7-4-5-13-8(7)6-9-11(2,3)10(12)14-9/h4-5,9H,6H2,1-3H3. The first-order chi connectivity index (χ1) is 6.51. The fourth-order valence-corrected chi connectivity index (χ4v) is 1.58. The Morgan fingerprint density at radius 1 is 1.50 bits per heavy atom. The van der Waals surface area contributed by atoms with E-state index >= 15 is 0 Å². The highest BCUT2D eigenvalue weighted by Crippen LogP contribution is 2.37. The average molecular weight is 194 g/mol. The number of carbonyl (C=O) groups excluding carboxylic acids is 1. The van der Waals surface area contributed by atoms with Gasteiger partial charge in [0, 0.05) is 6.42 Å². The van der Waals surface area contributed by atoms with Gasteiger partial charge in [-0.3, -0.25) is 4.79 Å². The lowest BCUT2D eigenvalue weighted by atomic mass is 9.79. The van der Waals surface area contributed by atoms with Crippen LogP contribution in [-0.4, -0.2) is 12.1 Å². The molecule has 1 aliphatic heterocycles. The smallest absolute Gasteiger partial charge is 0.315 e. The lowest BCUT2D eigenvalue weighted by molar-refractivity contribution is -0.200. The second kappa shape index (κ2) is 2.87. The summed E-state index contributed by atoms with van der Waals surface area (Å²) in [4.78, 5) is 11.1. The number of carbonyl (C=O) groups is 1. The second-order valence-corrected chi connectivity index (χ2v) is 4.35. The number of hydrogen-bond donors (Lipinski definition) is 0. The third kappa shape index (κ3) is 1.24. The van der Waals surface area contributed by atoms with Gasteiger partial charge in [0.05, 0.1) is 11.7 Å². The number of hydrogen-bond acceptors (Lipinski definition) is 3. The minimum absolute atomic E-state index is 0.0418. The van der Waals surface area contributed by atoms with Crippen molar-refractivity contribution in [2.75, 3.05) is 0 Å². The van der Waals surface area contributed by atoms with E-state index in [2.05, 4.69) is 0 Å². The first kappa shape index (κ1) is 9.31. The first-order valence-electron chi connectivity index (χ1n) is 4.76. The molecule has 1 aromatic heterocycles. The molecule has 1 aliphatic rings. The SMILES string of the molecule is Cc1ccoc1CC1OC(=O)C1(C)C. The number of esters is 1. The van der Waals surface area contributed by atoms with E-state index in [-0.39, 0.29) is 17.5 Å². The zero-order chi connectivity index (χ0) is 10.3. The number of furan rings is 1. The molecule has 1 aromatic rings. The van der Waals surface area contributed by atoms with Gasteiger partial charge in [0.15, 0.2) is 0 Å². The molecule has 3 heteroatoms. The predicted molar refractivity (Wildman–Crippen MR) is 50.8 cm³/mol. The normalized spacial score (nSPS) is 24.2. The van der Waals surface area contributed by atoms with E-state index in [9.17, 15) is 4.79 Å². The highest BCUT2D eigenvalue weighted by Gasteiger charge is 2.50. The first-order valence-corrected chi connectivity index (χ1v) is 4.76. The average Bonchev–Trinajstić information content (AvgIpc) is 2.51. The molecule has 0 bridgehead atoms. The molecule has 0 amide bonds. The number of ether oxygens (including phenoxy) is 1. The monoisotopic (exact) mass is 194 g/mol. The summed E-state index contributed by atoms with van der Waals surface area (Å²) in [5, 5.41) is 0. The maximum atomic E-state index is 11.1. The molecule has 0 aliphatic carbocycles. The van der Waals surface area contributed by atoms with E-state index in [1.807, 2.05) is 26.8 Å². The Bertz CT molecular complexity index is 362. The van der Waals surface area contributed by atoms with Crippen molar-refractivity contribution in [2.24, 2.45) is 5.41 Å². The Morgan fingerprint density at radius 2 is 2.21 bits per heavy atom. The Balaban J connectivity index is 2.08. The van der Waals surface area contributed by atoms with Gasteiger partial charge in [-0.05, 0) is 32.4 Å². The highest BCUT2D eigenvalue weighted by atomic mass is 16.6. The van der Waals surface area contributed by atoms with Gasteiger partial charge in [-0.1, -0.05) is 0 Å². The van der Waals surface area contributed by atoms with Crippen molar-refractivity contribution < 1.29 is 13.9 Å². The molecule has 0 radical (unpaired) electrons. The van der Waals surface area contributed by atoms with Crippen LogP contribution in [-0.2, 0) is 16.0 Å². The summed E-state index contributed by atoms with van der Waals surface area (Å²) in [7, 11) is 0. The van der Waals surface area contributed by atoms with Gasteiger partial charge in [0.1, 0.15) is 11.9 Å². The van der Waals surface area contributed by atoms with Gasteiger partial charge in [-0.25, -0.2) is 0 Å². The number of aryl methyl sites for hydroxylation is 1. The summed E-state index contributed by atoms with van der Waals surface area (Å²) >= 11 is 0. The van der Waals surface area contributed by atoms with Crippen LogP contribution in [0.25, 0.3) is 0 Å². The van der Waals surface area contributed by atoms with Gasteiger partial charge in [-0.2, -0.15) is 0 Å². The lowest BCUT2D eigenvalue weighted by Gasteiger charge is -2.41. The van der Waals surface area contributed by atoms with Gasteiger partial charge in [0.2, 0.25) is 0 Å². The molecule has 0 saturated carbocycles. The zero-order valence-corrected chi connectivity index (χ0v) is 8.66. The summed E-state index contributed by atoms with van der Waals surface area (Å²) in [5.41, 5.74) is 0.753. The van der Waals surface area contributed by atoms with Crippen molar-refractivity contribution >= 4 is 5.97 Å². The van der Waals surface area contributed by atoms with E-state index < -0.39 is 0 Å². The molecule has 0 spiro atoms. The fraction of sp³-hybridized carbons (Fsp3) is 0.545. The summed E-state index contributed by atoms with van der Waals surface area (Å²) in [6.45, 7) is 5.80. The minimum atomic E-state index is -0.362. The van der Waals surface area contributed by atoms with Crippen molar-refractivity contribution in [3.8, 4) is 0 Å². The van der Waals surface area contributed by atoms with Crippen LogP contribution in [0, 0.1) is 12.3 Å². The van der Waals surface area contributed by atoms with Crippen molar-refractivity contribution in [1.29, 1.82) is 0 Å². The summed E-state index contributed by atoms with van der Waals surface area (Å²) in [6, 6.07) is 1.92. The minimum Gasteiger partial charge on any atom is -0.469 e. The van der Waals surface area contributed by atoms with Crippen molar-refractivity contribution in [3.63, 3.8) is 0 Å². The van der Waals surface area contributed by atoms with E-state index in [1.165, 1.54) is 0 Å². The quantitative estimate of drug-likeness (QED) is 0.677. The molecular formula is C11H14O3. The second-order valence-electron chi connectivity index (χ2n) is 4.35. The molecule has 0 N–H and O–H groups in total. The van der Waals surface area contributed by atoms with Crippen LogP contribution in [0.15, 0.2) is 16.7 Å². The van der Waals surface area contributed by atoms with Crippen LogP contribution in [0.2, 0.25) is 0 Å². The Hall–Kier alpha value is -1.25. The zero-order valence-electron chi connectivity index (χ0n) is 8.66. The third-order valence-corrected chi connectivity index (χ3v) is 2.92. The van der Waals surface area contributed by atoms with Crippen LogP contribution in [0.1, 0.15) is 25.2 Å². The Labute approximate surface area is 83.0 Å². The summed E-state index contributed by atoms with van der Waals surface area (Å²) in [6.07, 6.45) is 2.30. The van der Waals surface area contributed by atoms with Gasteiger partial charge in [-0.15, -0.1) is 0 Å². The molecule has 1 unspecified atom stereocenters. The van der Waals surface area contributed by atoms with Crippen LogP contribution in [0.4, 0.5) is 0 Å². The van der Waals surface area contributed by atoms with Crippen molar-refractivity contribution in [1.82, 2.24) is 0 Å². The van der Waals surface area contributed by atoms with Crippen LogP contribution in [0.3, 0.4) is 0 Å². The molecule has 1 atom stereocenters. The largest absolute Gasteiger partial charge is 0.469 e. The highest BCUT2D eigenvalue weighted by molar-refractivity contribution is 5.82. The molecule has 0 aromatic carbocycles. The molecule has 1 fully saturated rings. The number of cyclic esters (lactones) is 1. The summed E-state index contributed by atoms with van der Waals surface area (Å²) in [5.74, 6) is 0.794. The van der Waals surface area contributed by atoms with E-state index in [0.717, 1.165) is 11.3 Å².